The fourth-order valence-electron chi connectivity index (χ4n) is 1.04. The molecule has 1 aromatic heterocycles. The Kier molecular flexibility index (Phi) is 2.64. The van der Waals surface area contributed by atoms with E-state index in [2.05, 4.69) is 31.8 Å². The molecule has 0 aliphatic heterocycles. The molecule has 0 bridgehead atoms. The lowest BCUT2D eigenvalue weighted by Crippen LogP contribution is -1.94. The van der Waals surface area contributed by atoms with Gasteiger partial charge < -0.3 is 0 Å². The third-order valence-electron chi connectivity index (χ3n) is 2.05. The van der Waals surface area contributed by atoms with Crippen LogP contribution in [0.5, 0.6) is 0 Å². The predicted octanol–water partition coefficient (Wildman–Crippen LogP) is 2.90. The molecule has 1 atom stereocenters. The second-order valence-corrected chi connectivity index (χ2v) is 3.07. The van der Waals surface area contributed by atoms with Gasteiger partial charge >= 0.3 is 0 Å². The molecule has 0 aromatic carbocycles. The van der Waals surface area contributed by atoms with Gasteiger partial charge in [-0.05, 0) is 37.0 Å². The first-order valence-corrected chi connectivity index (χ1v) is 4.16. The molecule has 0 aliphatic carbocycles. The van der Waals surface area contributed by atoms with Crippen molar-refractivity contribution in [2.45, 2.75) is 33.1 Å². The minimum atomic E-state index is 0.592. The quantitative estimate of drug-likeness (QED) is 0.630. The van der Waals surface area contributed by atoms with E-state index in [-0.39, 0.29) is 0 Å². The van der Waals surface area contributed by atoms with Gasteiger partial charge in [0.15, 0.2) is 0 Å². The highest BCUT2D eigenvalue weighted by Crippen LogP contribution is 2.16. The summed E-state index contributed by atoms with van der Waals surface area (Å²) in [6.07, 6.45) is 3.05. The molecular weight excluding hydrogens is 134 g/mol. The van der Waals surface area contributed by atoms with Crippen LogP contribution in [0.15, 0.2) is 18.3 Å². The normalized spacial score (nSPS) is 13.0. The molecule has 0 saturated carbocycles. The van der Waals surface area contributed by atoms with Crippen molar-refractivity contribution in [2.24, 2.45) is 0 Å². The third-order valence-corrected chi connectivity index (χ3v) is 2.05. The number of hydrogen-bond acceptors (Lipinski definition) is 1. The van der Waals surface area contributed by atoms with Crippen LogP contribution in [0.1, 0.15) is 37.4 Å². The zero-order valence-electron chi connectivity index (χ0n) is 7.46. The fourth-order valence-corrected chi connectivity index (χ4v) is 1.04. The molecule has 0 N–H and O–H groups in total. The molecule has 1 nitrogen and oxygen atoms in total. The van der Waals surface area contributed by atoms with E-state index < -0.39 is 0 Å². The highest BCUT2D eigenvalue weighted by atomic mass is 14.7. The number of hydrogen-bond donors (Lipinski definition) is 0. The van der Waals surface area contributed by atoms with E-state index >= 15 is 0 Å². The van der Waals surface area contributed by atoms with Crippen LogP contribution in [0.2, 0.25) is 0 Å². The van der Waals surface area contributed by atoms with E-state index in [1.807, 2.05) is 12.3 Å². The van der Waals surface area contributed by atoms with Crippen LogP contribution in [0.25, 0.3) is 0 Å². The average molecular weight is 149 g/mol. The van der Waals surface area contributed by atoms with Gasteiger partial charge in [0, 0.05) is 11.9 Å². The van der Waals surface area contributed by atoms with Crippen LogP contribution < -0.4 is 0 Å². The number of aryl methyl sites for hydroxylation is 1. The summed E-state index contributed by atoms with van der Waals surface area (Å²) in [5, 5.41) is 0. The lowest BCUT2D eigenvalue weighted by Gasteiger charge is -2.07. The molecular formula is C10H15N. The molecule has 1 heteroatoms. The standard InChI is InChI=1S/C10H15N/c1-4-9(3)10-7-8(2)5-6-11-10/h5-7,9H,4H2,1-3H3. The lowest BCUT2D eigenvalue weighted by atomic mass is 10.0. The topological polar surface area (TPSA) is 12.9 Å². The number of nitrogens with zero attached hydrogens (tertiary/aromatic N) is 1. The van der Waals surface area contributed by atoms with Crippen molar-refractivity contribution in [3.05, 3.63) is 29.6 Å². The fraction of sp³-hybridized carbons (Fsp3) is 0.500. The Balaban J connectivity index is 2.86. The molecule has 0 spiro atoms. The minimum Gasteiger partial charge on any atom is -0.261 e. The van der Waals surface area contributed by atoms with E-state index in [1.54, 1.807) is 0 Å². The molecule has 0 amide bonds. The van der Waals surface area contributed by atoms with Gasteiger partial charge in [0.2, 0.25) is 0 Å². The number of pyridine rings is 1. The molecule has 0 saturated heterocycles. The Bertz CT molecular complexity index is 230. The first kappa shape index (κ1) is 8.25. The summed E-state index contributed by atoms with van der Waals surface area (Å²) < 4.78 is 0. The Hall–Kier alpha value is -0.850. The van der Waals surface area contributed by atoms with Crippen molar-refractivity contribution >= 4 is 0 Å². The van der Waals surface area contributed by atoms with Gasteiger partial charge in [-0.2, -0.15) is 0 Å². The summed E-state index contributed by atoms with van der Waals surface area (Å²) >= 11 is 0. The zero-order chi connectivity index (χ0) is 8.27. The Morgan fingerprint density at radius 3 is 2.82 bits per heavy atom. The van der Waals surface area contributed by atoms with Gasteiger partial charge in [-0.3, -0.25) is 4.98 Å². The van der Waals surface area contributed by atoms with Crippen molar-refractivity contribution < 1.29 is 0 Å². The van der Waals surface area contributed by atoms with Gasteiger partial charge in [0.05, 0.1) is 0 Å². The molecule has 1 heterocycles. The number of aromatic nitrogens is 1. The second kappa shape index (κ2) is 3.51. The van der Waals surface area contributed by atoms with Crippen molar-refractivity contribution in [1.82, 2.24) is 4.98 Å². The van der Waals surface area contributed by atoms with E-state index in [0.29, 0.717) is 5.92 Å². The van der Waals surface area contributed by atoms with Crippen molar-refractivity contribution in [2.75, 3.05) is 0 Å². The monoisotopic (exact) mass is 149 g/mol. The predicted molar refractivity (Wildman–Crippen MR) is 47.7 cm³/mol. The van der Waals surface area contributed by atoms with Gasteiger partial charge in [-0.25, -0.2) is 0 Å². The third kappa shape index (κ3) is 2.04. The molecule has 1 aromatic rings. The molecule has 1 unspecified atom stereocenters. The van der Waals surface area contributed by atoms with Crippen LogP contribution in [-0.2, 0) is 0 Å². The number of rotatable bonds is 2. The first-order chi connectivity index (χ1) is 5.24. The van der Waals surface area contributed by atoms with Crippen LogP contribution in [-0.4, -0.2) is 4.98 Å². The molecule has 0 aliphatic rings. The Morgan fingerprint density at radius 1 is 1.55 bits per heavy atom. The molecule has 60 valence electrons. The first-order valence-electron chi connectivity index (χ1n) is 4.16. The van der Waals surface area contributed by atoms with Crippen molar-refractivity contribution in [3.63, 3.8) is 0 Å². The maximum Gasteiger partial charge on any atom is 0.0434 e. The van der Waals surface area contributed by atoms with Crippen molar-refractivity contribution in [3.8, 4) is 0 Å². The van der Waals surface area contributed by atoms with E-state index in [0.717, 1.165) is 6.42 Å². The summed E-state index contributed by atoms with van der Waals surface area (Å²) in [6.45, 7) is 6.50. The van der Waals surface area contributed by atoms with Gasteiger partial charge in [0.25, 0.3) is 0 Å². The van der Waals surface area contributed by atoms with Crippen LogP contribution in [0, 0.1) is 6.92 Å². The highest BCUT2D eigenvalue weighted by Gasteiger charge is 2.02. The summed E-state index contributed by atoms with van der Waals surface area (Å²) in [4.78, 5) is 4.31. The SMILES string of the molecule is CCC(C)c1cc(C)ccn1. The summed E-state index contributed by atoms with van der Waals surface area (Å²) in [5.74, 6) is 0.592. The lowest BCUT2D eigenvalue weighted by molar-refractivity contribution is 0.707. The van der Waals surface area contributed by atoms with Gasteiger partial charge in [-0.15, -0.1) is 0 Å². The van der Waals surface area contributed by atoms with E-state index in [1.165, 1.54) is 11.3 Å². The maximum absolute atomic E-state index is 4.31. The largest absolute Gasteiger partial charge is 0.261 e. The molecule has 11 heavy (non-hydrogen) atoms. The highest BCUT2D eigenvalue weighted by molar-refractivity contribution is 5.16. The minimum absolute atomic E-state index is 0.592. The summed E-state index contributed by atoms with van der Waals surface area (Å²) in [5.41, 5.74) is 2.52. The van der Waals surface area contributed by atoms with Crippen LogP contribution in [0.4, 0.5) is 0 Å². The molecule has 0 radical (unpaired) electrons. The average Bonchev–Trinajstić information content (AvgIpc) is 2.03. The van der Waals surface area contributed by atoms with E-state index in [4.69, 9.17) is 0 Å². The molecule has 1 rings (SSSR count). The van der Waals surface area contributed by atoms with Gasteiger partial charge in [0.1, 0.15) is 0 Å². The zero-order valence-corrected chi connectivity index (χ0v) is 7.46. The van der Waals surface area contributed by atoms with Crippen molar-refractivity contribution in [1.29, 1.82) is 0 Å². The smallest absolute Gasteiger partial charge is 0.0434 e. The van der Waals surface area contributed by atoms with E-state index in [9.17, 15) is 0 Å². The second-order valence-electron chi connectivity index (χ2n) is 3.07. The Morgan fingerprint density at radius 2 is 2.27 bits per heavy atom. The van der Waals surface area contributed by atoms with Crippen LogP contribution >= 0.6 is 0 Å². The van der Waals surface area contributed by atoms with Gasteiger partial charge in [-0.1, -0.05) is 13.8 Å². The molecule has 0 fully saturated rings. The summed E-state index contributed by atoms with van der Waals surface area (Å²) in [6, 6.07) is 4.19. The van der Waals surface area contributed by atoms with Crippen LogP contribution in [0.3, 0.4) is 0 Å². The summed E-state index contributed by atoms with van der Waals surface area (Å²) in [7, 11) is 0. The maximum atomic E-state index is 4.31. The Labute approximate surface area is 68.5 Å².